The Morgan fingerprint density at radius 3 is 2.44 bits per heavy atom. The van der Waals surface area contributed by atoms with E-state index in [4.69, 9.17) is 10.9 Å². The maximum atomic E-state index is 8.49. The second kappa shape index (κ2) is 5.01. The Balaban J connectivity index is 2.04. The van der Waals surface area contributed by atoms with Crippen LogP contribution in [0, 0.1) is 0 Å². The Hall–Kier alpha value is -1.51. The average Bonchev–Trinajstić information content (AvgIpc) is 2.83. The first-order valence-corrected chi connectivity index (χ1v) is 5.85. The molecule has 0 bridgehead atoms. The summed E-state index contributed by atoms with van der Waals surface area (Å²) in [4.78, 5) is 0. The number of hydrogen-bond donors (Lipinski definition) is 2. The molecule has 0 heterocycles. The predicted molar refractivity (Wildman–Crippen MR) is 64.8 cm³/mol. The van der Waals surface area contributed by atoms with Crippen molar-refractivity contribution in [2.75, 3.05) is 0 Å². The molecule has 3 nitrogen and oxygen atoms in total. The number of hydrogen-bond acceptors (Lipinski definition) is 2. The van der Waals surface area contributed by atoms with Crippen molar-refractivity contribution in [3.05, 3.63) is 35.4 Å². The van der Waals surface area contributed by atoms with Crippen LogP contribution in [0.25, 0.3) is 0 Å². The van der Waals surface area contributed by atoms with Crippen molar-refractivity contribution in [2.45, 2.75) is 38.0 Å². The van der Waals surface area contributed by atoms with Gasteiger partial charge in [-0.3, -0.25) is 0 Å². The summed E-state index contributed by atoms with van der Waals surface area (Å²) >= 11 is 0. The van der Waals surface area contributed by atoms with E-state index >= 15 is 0 Å². The van der Waals surface area contributed by atoms with Crippen molar-refractivity contribution in [3.63, 3.8) is 0 Å². The molecule has 3 N–H and O–H groups in total. The summed E-state index contributed by atoms with van der Waals surface area (Å²) in [5.74, 6) is 1.01. The zero-order chi connectivity index (χ0) is 11.4. The van der Waals surface area contributed by atoms with Crippen molar-refractivity contribution in [1.29, 1.82) is 0 Å². The molecule has 86 valence electrons. The highest BCUT2D eigenvalue weighted by atomic mass is 16.4. The molecule has 0 amide bonds. The van der Waals surface area contributed by atoms with Crippen LogP contribution in [0.15, 0.2) is 29.4 Å². The lowest BCUT2D eigenvalue weighted by atomic mass is 9.96. The Labute approximate surface area is 96.0 Å². The van der Waals surface area contributed by atoms with Crippen molar-refractivity contribution in [2.24, 2.45) is 10.9 Å². The van der Waals surface area contributed by atoms with Gasteiger partial charge in [0.2, 0.25) is 0 Å². The summed E-state index contributed by atoms with van der Waals surface area (Å²) in [7, 11) is 0. The summed E-state index contributed by atoms with van der Waals surface area (Å²) in [6.07, 6.45) is 5.87. The van der Waals surface area contributed by atoms with Gasteiger partial charge in [0.25, 0.3) is 0 Å². The van der Waals surface area contributed by atoms with Crippen LogP contribution in [0.5, 0.6) is 0 Å². The van der Waals surface area contributed by atoms with Gasteiger partial charge in [-0.25, -0.2) is 0 Å². The SMILES string of the molecule is NC(Cc1ccc(C2CCCC2)cc1)=NO. The van der Waals surface area contributed by atoms with Crippen molar-refractivity contribution in [1.82, 2.24) is 0 Å². The molecule has 0 aromatic heterocycles. The maximum Gasteiger partial charge on any atom is 0.143 e. The van der Waals surface area contributed by atoms with Crippen LogP contribution in [0.2, 0.25) is 0 Å². The molecule has 1 aromatic carbocycles. The van der Waals surface area contributed by atoms with Gasteiger partial charge in [-0.15, -0.1) is 0 Å². The van der Waals surface area contributed by atoms with Gasteiger partial charge < -0.3 is 10.9 Å². The molecule has 0 spiro atoms. The highest BCUT2D eigenvalue weighted by Gasteiger charge is 2.16. The Kier molecular flexibility index (Phi) is 3.44. The lowest BCUT2D eigenvalue weighted by Crippen LogP contribution is -2.14. The molecule has 1 aliphatic carbocycles. The minimum absolute atomic E-state index is 0.258. The second-order valence-corrected chi connectivity index (χ2v) is 4.49. The van der Waals surface area contributed by atoms with E-state index in [-0.39, 0.29) is 5.84 Å². The van der Waals surface area contributed by atoms with Gasteiger partial charge in [0.1, 0.15) is 5.84 Å². The predicted octanol–water partition coefficient (Wildman–Crippen LogP) is 2.63. The number of nitrogens with zero attached hydrogens (tertiary/aromatic N) is 1. The Bertz CT molecular complexity index is 364. The van der Waals surface area contributed by atoms with Gasteiger partial charge in [0.15, 0.2) is 0 Å². The molecular formula is C13H18N2O. The van der Waals surface area contributed by atoms with Gasteiger partial charge in [0, 0.05) is 6.42 Å². The maximum absolute atomic E-state index is 8.49. The van der Waals surface area contributed by atoms with Gasteiger partial charge in [-0.05, 0) is 29.9 Å². The lowest BCUT2D eigenvalue weighted by molar-refractivity contribution is 0.317. The second-order valence-electron chi connectivity index (χ2n) is 4.49. The molecule has 3 heteroatoms. The first kappa shape index (κ1) is 11.0. The van der Waals surface area contributed by atoms with Gasteiger partial charge in [0.05, 0.1) is 0 Å². The fraction of sp³-hybridized carbons (Fsp3) is 0.462. The van der Waals surface area contributed by atoms with E-state index in [0.29, 0.717) is 6.42 Å². The molecule has 0 atom stereocenters. The van der Waals surface area contributed by atoms with E-state index in [2.05, 4.69) is 29.4 Å². The minimum Gasteiger partial charge on any atom is -0.409 e. The van der Waals surface area contributed by atoms with Crippen molar-refractivity contribution >= 4 is 5.84 Å². The van der Waals surface area contributed by atoms with Crippen LogP contribution < -0.4 is 5.73 Å². The summed E-state index contributed by atoms with van der Waals surface area (Å²) in [5.41, 5.74) is 7.99. The molecule has 1 aromatic rings. The first-order chi connectivity index (χ1) is 7.79. The van der Waals surface area contributed by atoms with Crippen LogP contribution in [0.4, 0.5) is 0 Å². The van der Waals surface area contributed by atoms with Crippen LogP contribution >= 0.6 is 0 Å². The number of benzene rings is 1. The minimum atomic E-state index is 0.258. The smallest absolute Gasteiger partial charge is 0.143 e. The topological polar surface area (TPSA) is 58.6 Å². The number of rotatable bonds is 3. The third-order valence-corrected chi connectivity index (χ3v) is 3.32. The molecular weight excluding hydrogens is 200 g/mol. The van der Waals surface area contributed by atoms with E-state index in [1.807, 2.05) is 0 Å². The van der Waals surface area contributed by atoms with Gasteiger partial charge >= 0.3 is 0 Å². The van der Waals surface area contributed by atoms with Crippen LogP contribution in [-0.2, 0) is 6.42 Å². The number of amidine groups is 1. The Morgan fingerprint density at radius 2 is 1.88 bits per heavy atom. The summed E-state index contributed by atoms with van der Waals surface area (Å²) in [6, 6.07) is 8.50. The highest BCUT2D eigenvalue weighted by molar-refractivity contribution is 5.81. The zero-order valence-corrected chi connectivity index (χ0v) is 9.39. The van der Waals surface area contributed by atoms with E-state index in [1.54, 1.807) is 0 Å². The molecule has 16 heavy (non-hydrogen) atoms. The van der Waals surface area contributed by atoms with Gasteiger partial charge in [-0.2, -0.15) is 0 Å². The van der Waals surface area contributed by atoms with E-state index in [0.717, 1.165) is 11.5 Å². The largest absolute Gasteiger partial charge is 0.409 e. The fourth-order valence-electron chi connectivity index (χ4n) is 2.41. The third-order valence-electron chi connectivity index (χ3n) is 3.32. The highest BCUT2D eigenvalue weighted by Crippen LogP contribution is 2.33. The molecule has 1 saturated carbocycles. The zero-order valence-electron chi connectivity index (χ0n) is 9.39. The van der Waals surface area contributed by atoms with E-state index < -0.39 is 0 Å². The van der Waals surface area contributed by atoms with Crippen molar-refractivity contribution in [3.8, 4) is 0 Å². The monoisotopic (exact) mass is 218 g/mol. The van der Waals surface area contributed by atoms with E-state index in [9.17, 15) is 0 Å². The molecule has 0 aliphatic heterocycles. The Morgan fingerprint density at radius 1 is 1.25 bits per heavy atom. The number of nitrogens with two attached hydrogens (primary N) is 1. The first-order valence-electron chi connectivity index (χ1n) is 5.85. The standard InChI is InChI=1S/C13H18N2O/c14-13(15-16)9-10-5-7-12(8-6-10)11-3-1-2-4-11/h5-8,11,16H,1-4,9H2,(H2,14,15). The third kappa shape index (κ3) is 2.54. The molecule has 0 radical (unpaired) electrons. The fourth-order valence-corrected chi connectivity index (χ4v) is 2.41. The molecule has 0 saturated heterocycles. The molecule has 1 aliphatic rings. The molecule has 1 fully saturated rings. The summed E-state index contributed by atoms with van der Waals surface area (Å²) in [5, 5.41) is 11.5. The normalized spacial score (nSPS) is 17.9. The molecule has 0 unspecified atom stereocenters. The average molecular weight is 218 g/mol. The van der Waals surface area contributed by atoms with Gasteiger partial charge in [-0.1, -0.05) is 42.3 Å². The molecule has 2 rings (SSSR count). The number of oxime groups is 1. The van der Waals surface area contributed by atoms with Crippen LogP contribution in [-0.4, -0.2) is 11.0 Å². The van der Waals surface area contributed by atoms with Crippen LogP contribution in [0.1, 0.15) is 42.7 Å². The van der Waals surface area contributed by atoms with Crippen molar-refractivity contribution < 1.29 is 5.21 Å². The summed E-state index contributed by atoms with van der Waals surface area (Å²) in [6.45, 7) is 0. The van der Waals surface area contributed by atoms with E-state index in [1.165, 1.54) is 31.2 Å². The van der Waals surface area contributed by atoms with Crippen LogP contribution in [0.3, 0.4) is 0 Å². The summed E-state index contributed by atoms with van der Waals surface area (Å²) < 4.78 is 0. The quantitative estimate of drug-likeness (QED) is 0.354. The lowest BCUT2D eigenvalue weighted by Gasteiger charge is -2.09.